The zero-order valence-corrected chi connectivity index (χ0v) is 15.2. The normalized spacial score (nSPS) is 14.3. The molecule has 0 radical (unpaired) electrons. The summed E-state index contributed by atoms with van der Waals surface area (Å²) in [4.78, 5) is 22.1. The van der Waals surface area contributed by atoms with Crippen LogP contribution in [-0.4, -0.2) is 45.1 Å². The van der Waals surface area contributed by atoms with Crippen molar-refractivity contribution >= 4 is 5.91 Å². The van der Waals surface area contributed by atoms with Crippen molar-refractivity contribution in [3.63, 3.8) is 0 Å². The van der Waals surface area contributed by atoms with E-state index >= 15 is 0 Å². The molecule has 0 aliphatic carbocycles. The maximum atomic E-state index is 11.9. The van der Waals surface area contributed by atoms with Gasteiger partial charge in [0.15, 0.2) is 0 Å². The Balaban J connectivity index is 1.37. The molecule has 0 atom stereocenters. The molecule has 7 nitrogen and oxygen atoms in total. The second-order valence-corrected chi connectivity index (χ2v) is 6.82. The molecule has 1 saturated heterocycles. The molecule has 1 fully saturated rings. The number of benzene rings is 1. The lowest BCUT2D eigenvalue weighted by Gasteiger charge is -2.39. The minimum Gasteiger partial charge on any atom is -0.487 e. The number of carbonyl (C=O) groups is 1. The third-order valence-corrected chi connectivity index (χ3v) is 4.42. The van der Waals surface area contributed by atoms with E-state index in [9.17, 15) is 4.79 Å². The highest BCUT2D eigenvalue weighted by Crippen LogP contribution is 2.25. The van der Waals surface area contributed by atoms with Crippen molar-refractivity contribution in [1.82, 2.24) is 20.0 Å². The van der Waals surface area contributed by atoms with E-state index in [0.29, 0.717) is 24.8 Å². The monoisotopic (exact) mass is 364 g/mol. The van der Waals surface area contributed by atoms with Gasteiger partial charge in [0, 0.05) is 29.4 Å². The molecule has 1 aromatic carbocycles. The summed E-state index contributed by atoms with van der Waals surface area (Å²) in [7, 11) is 0. The molecule has 7 heteroatoms. The molecule has 0 N–H and O–H groups in total. The molecular formula is C20H20N4O3. The maximum absolute atomic E-state index is 11.9. The molecule has 3 aromatic rings. The lowest BCUT2D eigenvalue weighted by atomic mass is 10.1. The highest BCUT2D eigenvalue weighted by molar-refractivity contribution is 5.79. The fourth-order valence-corrected chi connectivity index (χ4v) is 2.89. The summed E-state index contributed by atoms with van der Waals surface area (Å²) < 4.78 is 11.2. The van der Waals surface area contributed by atoms with Crippen LogP contribution in [0.5, 0.6) is 5.75 Å². The highest BCUT2D eigenvalue weighted by Gasteiger charge is 2.33. The Morgan fingerprint density at radius 3 is 2.48 bits per heavy atom. The summed E-state index contributed by atoms with van der Waals surface area (Å²) in [6.07, 6.45) is 3.41. The lowest BCUT2D eigenvalue weighted by Crippen LogP contribution is -2.57. The minimum absolute atomic E-state index is 0.0252. The number of pyridine rings is 1. The van der Waals surface area contributed by atoms with Gasteiger partial charge in [-0.3, -0.25) is 9.78 Å². The topological polar surface area (TPSA) is 81.4 Å². The van der Waals surface area contributed by atoms with Gasteiger partial charge in [0.05, 0.1) is 13.1 Å². The van der Waals surface area contributed by atoms with E-state index < -0.39 is 0 Å². The summed E-state index contributed by atoms with van der Waals surface area (Å²) in [6, 6.07) is 11.2. The summed E-state index contributed by atoms with van der Waals surface area (Å²) in [5, 5.41) is 4.04. The van der Waals surface area contributed by atoms with Gasteiger partial charge in [-0.2, -0.15) is 4.98 Å². The van der Waals surface area contributed by atoms with Gasteiger partial charge in [-0.05, 0) is 36.4 Å². The van der Waals surface area contributed by atoms with Crippen LogP contribution in [0.25, 0.3) is 22.8 Å². The molecule has 0 unspecified atom stereocenters. The van der Waals surface area contributed by atoms with Crippen molar-refractivity contribution in [2.75, 3.05) is 13.1 Å². The van der Waals surface area contributed by atoms with Crippen LogP contribution in [0.2, 0.25) is 0 Å². The summed E-state index contributed by atoms with van der Waals surface area (Å²) in [5.41, 5.74) is 1.67. The average Bonchev–Trinajstić information content (AvgIpc) is 3.15. The second-order valence-electron chi connectivity index (χ2n) is 6.82. The molecule has 27 heavy (non-hydrogen) atoms. The van der Waals surface area contributed by atoms with Crippen LogP contribution in [-0.2, 0) is 4.79 Å². The molecule has 1 aliphatic rings. The number of aromatic nitrogens is 3. The standard InChI is InChI=1S/C20H20N4O3/c1-13(2)20(25)24-11-17(12-24)26-16-5-3-14(4-6-16)18-22-19(27-23-18)15-7-9-21-10-8-15/h3-10,13,17H,11-12H2,1-2H3. The smallest absolute Gasteiger partial charge is 0.258 e. The number of hydrogen-bond donors (Lipinski definition) is 0. The first-order valence-corrected chi connectivity index (χ1v) is 8.90. The van der Waals surface area contributed by atoms with Crippen LogP contribution in [0.4, 0.5) is 0 Å². The minimum atomic E-state index is 0.0252. The van der Waals surface area contributed by atoms with E-state index in [4.69, 9.17) is 9.26 Å². The van der Waals surface area contributed by atoms with Crippen LogP contribution in [0, 0.1) is 5.92 Å². The first kappa shape index (κ1) is 17.2. The predicted octanol–water partition coefficient (Wildman–Crippen LogP) is 3.04. The fourth-order valence-electron chi connectivity index (χ4n) is 2.89. The van der Waals surface area contributed by atoms with Gasteiger partial charge in [-0.1, -0.05) is 19.0 Å². The number of hydrogen-bond acceptors (Lipinski definition) is 6. The summed E-state index contributed by atoms with van der Waals surface area (Å²) in [5.74, 6) is 1.94. The number of likely N-dealkylation sites (tertiary alicyclic amines) is 1. The lowest BCUT2D eigenvalue weighted by molar-refractivity contribution is -0.143. The zero-order valence-electron chi connectivity index (χ0n) is 15.2. The largest absolute Gasteiger partial charge is 0.487 e. The Kier molecular flexibility index (Phi) is 4.58. The number of ether oxygens (including phenoxy) is 1. The van der Waals surface area contributed by atoms with Crippen molar-refractivity contribution in [1.29, 1.82) is 0 Å². The van der Waals surface area contributed by atoms with E-state index in [1.165, 1.54) is 0 Å². The number of rotatable bonds is 5. The zero-order chi connectivity index (χ0) is 18.8. The molecule has 0 saturated carbocycles. The number of carbonyl (C=O) groups excluding carboxylic acids is 1. The van der Waals surface area contributed by atoms with Gasteiger partial charge in [-0.15, -0.1) is 0 Å². The van der Waals surface area contributed by atoms with Crippen molar-refractivity contribution in [2.45, 2.75) is 20.0 Å². The Morgan fingerprint density at radius 2 is 1.81 bits per heavy atom. The van der Waals surface area contributed by atoms with E-state index in [1.807, 2.05) is 55.1 Å². The van der Waals surface area contributed by atoms with Crippen LogP contribution in [0.1, 0.15) is 13.8 Å². The van der Waals surface area contributed by atoms with Gasteiger partial charge < -0.3 is 14.2 Å². The first-order chi connectivity index (χ1) is 13.1. The SMILES string of the molecule is CC(C)C(=O)N1CC(Oc2ccc(-c3noc(-c4ccncc4)n3)cc2)C1. The van der Waals surface area contributed by atoms with Gasteiger partial charge in [0.25, 0.3) is 5.89 Å². The Morgan fingerprint density at radius 1 is 1.11 bits per heavy atom. The maximum Gasteiger partial charge on any atom is 0.258 e. The molecular weight excluding hydrogens is 344 g/mol. The van der Waals surface area contributed by atoms with Crippen molar-refractivity contribution in [3.05, 3.63) is 48.8 Å². The summed E-state index contributed by atoms with van der Waals surface area (Å²) >= 11 is 0. The quantitative estimate of drug-likeness (QED) is 0.692. The molecule has 4 rings (SSSR count). The Hall–Kier alpha value is -3.22. The van der Waals surface area contributed by atoms with Crippen molar-refractivity contribution in [3.8, 4) is 28.6 Å². The van der Waals surface area contributed by atoms with E-state index in [1.54, 1.807) is 12.4 Å². The van der Waals surface area contributed by atoms with Gasteiger partial charge in [0.2, 0.25) is 11.7 Å². The first-order valence-electron chi connectivity index (χ1n) is 8.90. The van der Waals surface area contributed by atoms with E-state index in [0.717, 1.165) is 16.9 Å². The average molecular weight is 364 g/mol. The predicted molar refractivity (Wildman–Crippen MR) is 98.8 cm³/mol. The molecule has 1 aliphatic heterocycles. The molecule has 3 heterocycles. The Bertz CT molecular complexity index is 916. The van der Waals surface area contributed by atoms with Crippen LogP contribution >= 0.6 is 0 Å². The molecule has 0 bridgehead atoms. The van der Waals surface area contributed by atoms with Gasteiger partial charge >= 0.3 is 0 Å². The molecule has 138 valence electrons. The van der Waals surface area contributed by atoms with Crippen LogP contribution < -0.4 is 4.74 Å². The summed E-state index contributed by atoms with van der Waals surface area (Å²) in [6.45, 7) is 5.10. The van der Waals surface area contributed by atoms with E-state index in [2.05, 4.69) is 15.1 Å². The highest BCUT2D eigenvalue weighted by atomic mass is 16.5. The molecule has 2 aromatic heterocycles. The third-order valence-electron chi connectivity index (χ3n) is 4.42. The Labute approximate surface area is 157 Å². The molecule has 1 amide bonds. The van der Waals surface area contributed by atoms with Crippen molar-refractivity contribution < 1.29 is 14.1 Å². The van der Waals surface area contributed by atoms with Crippen LogP contribution in [0.3, 0.4) is 0 Å². The second kappa shape index (κ2) is 7.19. The molecule has 0 spiro atoms. The number of amides is 1. The van der Waals surface area contributed by atoms with Crippen molar-refractivity contribution in [2.24, 2.45) is 5.92 Å². The van der Waals surface area contributed by atoms with Gasteiger partial charge in [-0.25, -0.2) is 0 Å². The van der Waals surface area contributed by atoms with E-state index in [-0.39, 0.29) is 17.9 Å². The van der Waals surface area contributed by atoms with Crippen LogP contribution in [0.15, 0.2) is 53.3 Å². The van der Waals surface area contributed by atoms with Gasteiger partial charge in [0.1, 0.15) is 11.9 Å². The third kappa shape index (κ3) is 3.67. The fraction of sp³-hybridized carbons (Fsp3) is 0.300. The number of nitrogens with zero attached hydrogens (tertiary/aromatic N) is 4.